The third-order valence-corrected chi connectivity index (χ3v) is 5.48. The van der Waals surface area contributed by atoms with E-state index in [9.17, 15) is 29.4 Å². The van der Waals surface area contributed by atoms with E-state index in [1.165, 1.54) is 12.1 Å². The number of nitrogens with two attached hydrogens (primary N) is 2. The van der Waals surface area contributed by atoms with E-state index in [4.69, 9.17) is 11.5 Å². The summed E-state index contributed by atoms with van der Waals surface area (Å²) in [6.45, 7) is 0. The molecule has 0 unspecified atom stereocenters. The van der Waals surface area contributed by atoms with Crippen LogP contribution < -0.4 is 22.1 Å². The van der Waals surface area contributed by atoms with Crippen molar-refractivity contribution >= 4 is 34.6 Å². The normalized spacial score (nSPS) is 13.5. The summed E-state index contributed by atoms with van der Waals surface area (Å²) in [6.07, 6.45) is 1.28. The molecule has 11 heteroatoms. The van der Waals surface area contributed by atoms with Gasteiger partial charge in [0.15, 0.2) is 0 Å². The summed E-state index contributed by atoms with van der Waals surface area (Å²) in [6, 6.07) is 9.83. The maximum Gasteiger partial charge on any atom is 0.326 e. The van der Waals surface area contributed by atoms with Crippen LogP contribution in [0.3, 0.4) is 0 Å². The zero-order valence-corrected chi connectivity index (χ0v) is 18.7. The molecule has 0 spiro atoms. The summed E-state index contributed by atoms with van der Waals surface area (Å²) >= 11 is 0. The van der Waals surface area contributed by atoms with Crippen LogP contribution in [0.1, 0.15) is 17.5 Å². The van der Waals surface area contributed by atoms with Gasteiger partial charge < -0.3 is 37.3 Å². The Balaban J connectivity index is 1.79. The lowest BCUT2D eigenvalue weighted by Crippen LogP contribution is -2.56. The topological polar surface area (TPSA) is 201 Å². The van der Waals surface area contributed by atoms with Crippen molar-refractivity contribution in [2.75, 3.05) is 0 Å². The molecule has 3 amide bonds. The number of carboxylic acid groups (broad SMARTS) is 1. The van der Waals surface area contributed by atoms with Crippen molar-refractivity contribution < 1.29 is 29.4 Å². The lowest BCUT2D eigenvalue weighted by molar-refractivity contribution is -0.143. The minimum Gasteiger partial charge on any atom is -0.508 e. The van der Waals surface area contributed by atoms with E-state index in [1.807, 2.05) is 24.3 Å². The van der Waals surface area contributed by atoms with Crippen molar-refractivity contribution in [1.29, 1.82) is 0 Å². The van der Waals surface area contributed by atoms with Gasteiger partial charge in [-0.25, -0.2) is 4.79 Å². The Morgan fingerprint density at radius 1 is 0.914 bits per heavy atom. The number of hydrogen-bond acceptors (Lipinski definition) is 6. The summed E-state index contributed by atoms with van der Waals surface area (Å²) in [5.41, 5.74) is 13.4. The standard InChI is InChI=1S/C24H27N5O6/c25-17(9-13-5-7-15(30)8-6-13)22(32)28-19(23(33)29-20(24(34)35)11-21(26)31)10-14-12-27-18-4-2-1-3-16(14)18/h1-8,12,17,19-20,27,30H,9-11,25H2,(H2,26,31)(H,28,32)(H,29,33)(H,34,35)/t17-,19-,20-/m0/s1. The second-order valence-corrected chi connectivity index (χ2v) is 8.17. The van der Waals surface area contributed by atoms with Gasteiger partial charge in [-0.1, -0.05) is 30.3 Å². The number of aromatic nitrogens is 1. The van der Waals surface area contributed by atoms with Gasteiger partial charge in [0.2, 0.25) is 17.7 Å². The van der Waals surface area contributed by atoms with Crippen LogP contribution in [0.2, 0.25) is 0 Å². The number of nitrogens with one attached hydrogen (secondary N) is 3. The van der Waals surface area contributed by atoms with Gasteiger partial charge in [-0.05, 0) is 35.7 Å². The molecule has 3 atom stereocenters. The number of hydrogen-bond donors (Lipinski definition) is 7. The molecule has 3 rings (SSSR count). The van der Waals surface area contributed by atoms with Crippen molar-refractivity contribution in [2.45, 2.75) is 37.4 Å². The Kier molecular flexibility index (Phi) is 8.05. The van der Waals surface area contributed by atoms with Crippen molar-refractivity contribution in [3.8, 4) is 5.75 Å². The van der Waals surface area contributed by atoms with Gasteiger partial charge in [-0.15, -0.1) is 0 Å². The molecule has 0 fully saturated rings. The molecule has 184 valence electrons. The summed E-state index contributed by atoms with van der Waals surface area (Å²) in [5, 5.41) is 24.5. The highest BCUT2D eigenvalue weighted by atomic mass is 16.4. The zero-order valence-electron chi connectivity index (χ0n) is 18.7. The van der Waals surface area contributed by atoms with Crippen LogP contribution in [-0.4, -0.2) is 57.0 Å². The molecule has 0 saturated carbocycles. The van der Waals surface area contributed by atoms with Gasteiger partial charge >= 0.3 is 5.97 Å². The van der Waals surface area contributed by atoms with Gasteiger partial charge in [0, 0.05) is 23.5 Å². The van der Waals surface area contributed by atoms with Crippen LogP contribution in [0.25, 0.3) is 10.9 Å². The number of carbonyl (C=O) groups is 4. The fraction of sp³-hybridized carbons (Fsp3) is 0.250. The van der Waals surface area contributed by atoms with Crippen LogP contribution in [0, 0.1) is 0 Å². The molecule has 2 aromatic carbocycles. The van der Waals surface area contributed by atoms with Crippen LogP contribution in [0.5, 0.6) is 5.75 Å². The number of amides is 3. The van der Waals surface area contributed by atoms with Gasteiger partial charge in [0.1, 0.15) is 17.8 Å². The molecule has 0 saturated heterocycles. The maximum atomic E-state index is 13.0. The minimum absolute atomic E-state index is 0.0381. The molecular weight excluding hydrogens is 454 g/mol. The number of fused-ring (bicyclic) bond motifs is 1. The number of aromatic hydroxyl groups is 1. The van der Waals surface area contributed by atoms with Gasteiger partial charge in [-0.3, -0.25) is 14.4 Å². The SMILES string of the molecule is NC(=O)C[C@H](NC(=O)[C@H](Cc1c[nH]c2ccccc12)NC(=O)[C@@H](N)Cc1ccc(O)cc1)C(=O)O. The summed E-state index contributed by atoms with van der Waals surface area (Å²) in [7, 11) is 0. The lowest BCUT2D eigenvalue weighted by atomic mass is 10.0. The van der Waals surface area contributed by atoms with E-state index in [2.05, 4.69) is 15.6 Å². The molecule has 0 aliphatic heterocycles. The van der Waals surface area contributed by atoms with Gasteiger partial charge in [0.25, 0.3) is 0 Å². The highest BCUT2D eigenvalue weighted by Gasteiger charge is 2.29. The number of carboxylic acids is 1. The first-order valence-corrected chi connectivity index (χ1v) is 10.8. The van der Waals surface area contributed by atoms with Crippen molar-refractivity contribution in [2.24, 2.45) is 11.5 Å². The zero-order chi connectivity index (χ0) is 25.5. The minimum atomic E-state index is -1.55. The molecule has 1 aromatic heterocycles. The van der Waals surface area contributed by atoms with Crippen LogP contribution in [0.15, 0.2) is 54.7 Å². The van der Waals surface area contributed by atoms with E-state index < -0.39 is 48.2 Å². The molecule has 35 heavy (non-hydrogen) atoms. The van der Waals surface area contributed by atoms with Crippen molar-refractivity contribution in [3.63, 3.8) is 0 Å². The Labute approximate surface area is 200 Å². The number of benzene rings is 2. The summed E-state index contributed by atoms with van der Waals surface area (Å²) < 4.78 is 0. The monoisotopic (exact) mass is 481 g/mol. The first-order chi connectivity index (χ1) is 16.6. The Hall–Kier alpha value is -4.38. The predicted molar refractivity (Wildman–Crippen MR) is 127 cm³/mol. The van der Waals surface area contributed by atoms with Crippen molar-refractivity contribution in [3.05, 3.63) is 65.9 Å². The van der Waals surface area contributed by atoms with Gasteiger partial charge in [0.05, 0.1) is 12.5 Å². The fourth-order valence-electron chi connectivity index (χ4n) is 3.66. The number of rotatable bonds is 11. The van der Waals surface area contributed by atoms with E-state index in [-0.39, 0.29) is 18.6 Å². The van der Waals surface area contributed by atoms with Crippen LogP contribution in [0.4, 0.5) is 0 Å². The Bertz CT molecular complexity index is 1220. The molecule has 0 bridgehead atoms. The summed E-state index contributed by atoms with van der Waals surface area (Å²) in [4.78, 5) is 51.7. The third-order valence-electron chi connectivity index (χ3n) is 5.48. The molecule has 11 nitrogen and oxygen atoms in total. The first-order valence-electron chi connectivity index (χ1n) is 10.8. The van der Waals surface area contributed by atoms with Crippen LogP contribution >= 0.6 is 0 Å². The molecule has 1 heterocycles. The number of phenols is 1. The van der Waals surface area contributed by atoms with E-state index in [0.29, 0.717) is 5.56 Å². The highest BCUT2D eigenvalue weighted by Crippen LogP contribution is 2.19. The maximum absolute atomic E-state index is 13.0. The number of aromatic amines is 1. The average Bonchev–Trinajstić information content (AvgIpc) is 3.22. The fourth-order valence-corrected chi connectivity index (χ4v) is 3.66. The molecule has 9 N–H and O–H groups in total. The predicted octanol–water partition coefficient (Wildman–Crippen LogP) is -0.0844. The number of para-hydroxylation sites is 1. The second kappa shape index (κ2) is 11.2. The van der Waals surface area contributed by atoms with Crippen LogP contribution in [-0.2, 0) is 32.0 Å². The second-order valence-electron chi connectivity index (χ2n) is 8.17. The number of primary amides is 1. The first kappa shape index (κ1) is 25.2. The molecule has 3 aromatic rings. The largest absolute Gasteiger partial charge is 0.508 e. The molecule has 0 aliphatic rings. The third kappa shape index (κ3) is 6.81. The quantitative estimate of drug-likeness (QED) is 0.198. The van der Waals surface area contributed by atoms with E-state index in [0.717, 1.165) is 16.5 Å². The molecular formula is C24H27N5O6. The number of phenolic OH excluding ortho intramolecular Hbond substituents is 1. The van der Waals surface area contributed by atoms with E-state index >= 15 is 0 Å². The smallest absolute Gasteiger partial charge is 0.326 e. The number of carbonyl (C=O) groups excluding carboxylic acids is 3. The van der Waals surface area contributed by atoms with Gasteiger partial charge in [-0.2, -0.15) is 0 Å². The van der Waals surface area contributed by atoms with E-state index in [1.54, 1.807) is 18.3 Å². The number of H-pyrrole nitrogens is 1. The Morgan fingerprint density at radius 3 is 2.23 bits per heavy atom. The Morgan fingerprint density at radius 2 is 1.57 bits per heavy atom. The van der Waals surface area contributed by atoms with Crippen molar-refractivity contribution in [1.82, 2.24) is 15.6 Å². The lowest BCUT2D eigenvalue weighted by Gasteiger charge is -2.22. The molecule has 0 aliphatic carbocycles. The molecule has 0 radical (unpaired) electrons. The highest BCUT2D eigenvalue weighted by molar-refractivity contribution is 5.94. The summed E-state index contributed by atoms with van der Waals surface area (Å²) in [5.74, 6) is -3.68. The average molecular weight is 482 g/mol. The number of aliphatic carboxylic acids is 1.